The van der Waals surface area contributed by atoms with Gasteiger partial charge in [0.15, 0.2) is 9.84 Å². The van der Waals surface area contributed by atoms with Crippen LogP contribution in [0.15, 0.2) is 29.2 Å². The normalized spacial score (nSPS) is 12.2. The molecule has 0 amide bonds. The zero-order chi connectivity index (χ0) is 15.4. The maximum absolute atomic E-state index is 11.9. The quantitative estimate of drug-likeness (QED) is 0.421. The van der Waals surface area contributed by atoms with Crippen LogP contribution in [0.1, 0.15) is 6.42 Å². The van der Waals surface area contributed by atoms with Gasteiger partial charge in [-0.15, -0.1) is 0 Å². The Morgan fingerprint density at radius 2 is 1.70 bits per heavy atom. The summed E-state index contributed by atoms with van der Waals surface area (Å²) in [6.45, 7) is 0. The molecule has 0 aliphatic carbocycles. The number of rotatable bonds is 7. The van der Waals surface area contributed by atoms with Gasteiger partial charge in [-0.25, -0.2) is 16.8 Å². The Hall–Kier alpha value is -1.48. The Morgan fingerprint density at radius 1 is 1.15 bits per heavy atom. The summed E-state index contributed by atoms with van der Waals surface area (Å²) in [6, 6.07) is 4.58. The molecule has 1 aromatic rings. The first-order valence-electron chi connectivity index (χ1n) is 5.58. The minimum absolute atomic E-state index is 0.0177. The van der Waals surface area contributed by atoms with Gasteiger partial charge in [0.25, 0.3) is 5.69 Å². The topological polar surface area (TPSA) is 111 Å². The van der Waals surface area contributed by atoms with Crippen molar-refractivity contribution in [2.24, 2.45) is 0 Å². The first-order chi connectivity index (χ1) is 9.12. The number of sulfone groups is 2. The smallest absolute Gasteiger partial charge is 0.258 e. The lowest BCUT2D eigenvalue weighted by Gasteiger charge is -2.04. The summed E-state index contributed by atoms with van der Waals surface area (Å²) < 4.78 is 45.6. The predicted octanol–water partition coefficient (Wildman–Crippen LogP) is 1.01. The third-order valence-electron chi connectivity index (χ3n) is 2.42. The Kier molecular flexibility index (Phi) is 5.23. The standard InChI is InChI=1S/C11H14NO6S2/c1-19(15,16)8-2-3-9-20(17,18)11-6-4-10(5-7-11)12(13)14/h2,4-7H,3,8-9H2,1H3. The minimum atomic E-state index is -3.57. The fraction of sp³-hybridized carbons (Fsp3) is 0.364. The van der Waals surface area contributed by atoms with Crippen molar-refractivity contribution in [2.75, 3.05) is 17.8 Å². The van der Waals surface area contributed by atoms with E-state index in [2.05, 4.69) is 0 Å². The number of nitro benzene ring substituents is 1. The number of nitrogens with zero attached hydrogens (tertiary/aromatic N) is 1. The molecule has 1 radical (unpaired) electrons. The summed E-state index contributed by atoms with van der Waals surface area (Å²) in [5.74, 6) is -0.414. The molecule has 0 spiro atoms. The third kappa shape index (κ3) is 5.25. The molecule has 0 bridgehead atoms. The molecule has 0 aliphatic rings. The zero-order valence-corrected chi connectivity index (χ0v) is 12.4. The van der Waals surface area contributed by atoms with E-state index in [9.17, 15) is 26.9 Å². The highest BCUT2D eigenvalue weighted by Gasteiger charge is 2.16. The van der Waals surface area contributed by atoms with Gasteiger partial charge in [0.05, 0.1) is 21.3 Å². The molecule has 0 heterocycles. The van der Waals surface area contributed by atoms with Gasteiger partial charge >= 0.3 is 0 Å². The summed E-state index contributed by atoms with van der Waals surface area (Å²) >= 11 is 0. The molecule has 1 rings (SSSR count). The number of benzene rings is 1. The lowest BCUT2D eigenvalue weighted by atomic mass is 10.3. The van der Waals surface area contributed by atoms with Crippen LogP contribution in [0.25, 0.3) is 0 Å². The van der Waals surface area contributed by atoms with Gasteiger partial charge in [0.1, 0.15) is 9.84 Å². The minimum Gasteiger partial charge on any atom is -0.258 e. The van der Waals surface area contributed by atoms with Gasteiger partial charge in [-0.3, -0.25) is 10.1 Å². The van der Waals surface area contributed by atoms with Crippen LogP contribution in [0.4, 0.5) is 5.69 Å². The van der Waals surface area contributed by atoms with E-state index < -0.39 is 24.6 Å². The lowest BCUT2D eigenvalue weighted by molar-refractivity contribution is -0.384. The van der Waals surface area contributed by atoms with Crippen molar-refractivity contribution >= 4 is 25.4 Å². The molecule has 0 N–H and O–H groups in total. The Balaban J connectivity index is 2.67. The van der Waals surface area contributed by atoms with Crippen LogP contribution in [0, 0.1) is 16.5 Å². The molecule has 0 aromatic heterocycles. The van der Waals surface area contributed by atoms with E-state index in [1.807, 2.05) is 0 Å². The number of hydrogen-bond acceptors (Lipinski definition) is 6. The van der Waals surface area contributed by atoms with Crippen molar-refractivity contribution in [1.82, 2.24) is 0 Å². The molecule has 9 heteroatoms. The molecular formula is C11H14NO6S2. The van der Waals surface area contributed by atoms with Gasteiger partial charge in [-0.2, -0.15) is 0 Å². The highest BCUT2D eigenvalue weighted by atomic mass is 32.2. The number of hydrogen-bond donors (Lipinski definition) is 0. The number of non-ortho nitro benzene ring substituents is 1. The molecule has 111 valence electrons. The van der Waals surface area contributed by atoms with Crippen molar-refractivity contribution in [3.05, 3.63) is 40.8 Å². The molecule has 20 heavy (non-hydrogen) atoms. The largest absolute Gasteiger partial charge is 0.269 e. The maximum Gasteiger partial charge on any atom is 0.269 e. The van der Waals surface area contributed by atoms with Crippen molar-refractivity contribution < 1.29 is 21.8 Å². The highest BCUT2D eigenvalue weighted by molar-refractivity contribution is 7.91. The Morgan fingerprint density at radius 3 is 2.15 bits per heavy atom. The average molecular weight is 320 g/mol. The van der Waals surface area contributed by atoms with Crippen molar-refractivity contribution in [3.8, 4) is 0 Å². The van der Waals surface area contributed by atoms with Gasteiger partial charge in [-0.1, -0.05) is 0 Å². The van der Waals surface area contributed by atoms with Gasteiger partial charge in [-0.05, 0) is 25.0 Å². The van der Waals surface area contributed by atoms with Crippen molar-refractivity contribution in [2.45, 2.75) is 11.3 Å². The van der Waals surface area contributed by atoms with Crippen LogP contribution < -0.4 is 0 Å². The van der Waals surface area contributed by atoms with Crippen LogP contribution >= 0.6 is 0 Å². The maximum atomic E-state index is 11.9. The Labute approximate surface area is 117 Å². The molecule has 7 nitrogen and oxygen atoms in total. The van der Waals surface area contributed by atoms with Gasteiger partial charge < -0.3 is 0 Å². The summed E-state index contributed by atoms with van der Waals surface area (Å²) in [4.78, 5) is 9.83. The van der Waals surface area contributed by atoms with E-state index >= 15 is 0 Å². The first kappa shape index (κ1) is 16.6. The summed E-state index contributed by atoms with van der Waals surface area (Å²) in [5.41, 5.74) is -0.187. The predicted molar refractivity (Wildman–Crippen MR) is 73.8 cm³/mol. The summed E-state index contributed by atoms with van der Waals surface area (Å²) in [7, 11) is -6.72. The van der Waals surface area contributed by atoms with Crippen LogP contribution in [0.5, 0.6) is 0 Å². The van der Waals surface area contributed by atoms with Crippen LogP contribution in [0.3, 0.4) is 0 Å². The SMILES string of the molecule is CS(=O)(=O)C[CH]CCS(=O)(=O)c1ccc([N+](=O)[O-])cc1. The molecule has 0 saturated heterocycles. The molecule has 0 fully saturated rings. The monoisotopic (exact) mass is 320 g/mol. The van der Waals surface area contributed by atoms with E-state index in [4.69, 9.17) is 0 Å². The molecule has 0 atom stereocenters. The molecule has 1 aromatic carbocycles. The fourth-order valence-corrected chi connectivity index (χ4v) is 3.29. The van der Waals surface area contributed by atoms with Crippen molar-refractivity contribution in [1.29, 1.82) is 0 Å². The lowest BCUT2D eigenvalue weighted by Crippen LogP contribution is -2.10. The first-order valence-corrected chi connectivity index (χ1v) is 9.30. The van der Waals surface area contributed by atoms with Crippen LogP contribution in [0.2, 0.25) is 0 Å². The molecular weight excluding hydrogens is 306 g/mol. The van der Waals surface area contributed by atoms with Gasteiger partial charge in [0.2, 0.25) is 0 Å². The number of nitro groups is 1. The third-order valence-corrected chi connectivity index (χ3v) is 5.02. The van der Waals surface area contributed by atoms with E-state index in [0.717, 1.165) is 18.4 Å². The summed E-state index contributed by atoms with van der Waals surface area (Å²) in [6.07, 6.45) is 2.55. The second-order valence-corrected chi connectivity index (χ2v) is 8.53. The van der Waals surface area contributed by atoms with Crippen LogP contribution in [-0.4, -0.2) is 39.5 Å². The van der Waals surface area contributed by atoms with E-state index in [0.29, 0.717) is 0 Å². The average Bonchev–Trinajstić information content (AvgIpc) is 2.34. The van der Waals surface area contributed by atoms with E-state index in [1.54, 1.807) is 0 Å². The zero-order valence-electron chi connectivity index (χ0n) is 10.7. The van der Waals surface area contributed by atoms with Crippen molar-refractivity contribution in [3.63, 3.8) is 0 Å². The second kappa shape index (κ2) is 6.31. The van der Waals surface area contributed by atoms with Crippen LogP contribution in [-0.2, 0) is 19.7 Å². The van der Waals surface area contributed by atoms with Gasteiger partial charge in [0, 0.05) is 18.4 Å². The molecule has 0 unspecified atom stereocenters. The summed E-state index contributed by atoms with van der Waals surface area (Å²) in [5, 5.41) is 10.5. The van der Waals surface area contributed by atoms with E-state index in [1.165, 1.54) is 18.6 Å². The molecule has 0 saturated carbocycles. The molecule has 0 aliphatic heterocycles. The highest BCUT2D eigenvalue weighted by Crippen LogP contribution is 2.17. The second-order valence-electron chi connectivity index (χ2n) is 4.24. The van der Waals surface area contributed by atoms with E-state index in [-0.39, 0.29) is 28.5 Å². The number of unbranched alkanes of at least 4 members (excludes halogenated alkanes) is 1. The Bertz CT molecular complexity index is 676. The fourth-order valence-electron chi connectivity index (χ4n) is 1.43.